The molecule has 0 amide bonds. The number of hydrogen-bond acceptors (Lipinski definition) is 4. The van der Waals surface area contributed by atoms with Crippen LogP contribution < -0.4 is 14.8 Å². The molecule has 2 N–H and O–H groups in total. The van der Waals surface area contributed by atoms with Crippen molar-refractivity contribution < 1.29 is 9.47 Å². The maximum atomic E-state index is 5.47. The molecular weight excluding hydrogens is 354 g/mol. The van der Waals surface area contributed by atoms with Crippen LogP contribution in [0.15, 0.2) is 23.3 Å². The Morgan fingerprint density at radius 2 is 2.00 bits per heavy atom. The smallest absolute Gasteiger partial charge is 0.194 e. The van der Waals surface area contributed by atoms with Crippen LogP contribution in [0.4, 0.5) is 0 Å². The molecule has 0 saturated heterocycles. The standard InChI is InChI=1S/C21H31N5O2/c1-5-22-21(23-9-6-7-17-13-24-25-15(17)2)26-10-8-16-11-19(27-3)20(28-4)12-18(16)14-26/h11-13H,5-10,14H2,1-4H3,(H,22,23)(H,24,25). The molecule has 7 nitrogen and oxygen atoms in total. The number of guanidine groups is 1. The number of aromatic amines is 1. The third kappa shape index (κ3) is 4.58. The van der Waals surface area contributed by atoms with Crippen molar-refractivity contribution in [3.63, 3.8) is 0 Å². The molecule has 0 unspecified atom stereocenters. The maximum Gasteiger partial charge on any atom is 0.194 e. The Bertz CT molecular complexity index is 815. The fraction of sp³-hybridized carbons (Fsp3) is 0.524. The van der Waals surface area contributed by atoms with Gasteiger partial charge in [0.15, 0.2) is 17.5 Å². The topological polar surface area (TPSA) is 74.8 Å². The van der Waals surface area contributed by atoms with Crippen LogP contribution in [0.3, 0.4) is 0 Å². The van der Waals surface area contributed by atoms with Crippen LogP contribution in [0, 0.1) is 6.92 Å². The van der Waals surface area contributed by atoms with Gasteiger partial charge in [0.05, 0.1) is 20.4 Å². The van der Waals surface area contributed by atoms with E-state index in [2.05, 4.69) is 46.4 Å². The summed E-state index contributed by atoms with van der Waals surface area (Å²) < 4.78 is 10.9. The van der Waals surface area contributed by atoms with E-state index in [4.69, 9.17) is 14.5 Å². The molecule has 0 radical (unpaired) electrons. The van der Waals surface area contributed by atoms with Crippen molar-refractivity contribution in [2.75, 3.05) is 33.9 Å². The van der Waals surface area contributed by atoms with E-state index in [-0.39, 0.29) is 0 Å². The predicted molar refractivity (Wildman–Crippen MR) is 111 cm³/mol. The largest absolute Gasteiger partial charge is 0.493 e. The van der Waals surface area contributed by atoms with Gasteiger partial charge in [0.2, 0.25) is 0 Å². The number of aliphatic imine (C=N–C) groups is 1. The van der Waals surface area contributed by atoms with Crippen molar-refractivity contribution in [2.24, 2.45) is 4.99 Å². The van der Waals surface area contributed by atoms with Crippen molar-refractivity contribution in [2.45, 2.75) is 39.7 Å². The van der Waals surface area contributed by atoms with Crippen LogP contribution in [0.5, 0.6) is 11.5 Å². The summed E-state index contributed by atoms with van der Waals surface area (Å²) in [6, 6.07) is 4.19. The molecule has 152 valence electrons. The van der Waals surface area contributed by atoms with Gasteiger partial charge in [-0.15, -0.1) is 0 Å². The van der Waals surface area contributed by atoms with E-state index in [0.717, 1.165) is 68.6 Å². The molecule has 0 fully saturated rings. The number of aromatic nitrogens is 2. The van der Waals surface area contributed by atoms with Crippen molar-refractivity contribution in [1.82, 2.24) is 20.4 Å². The third-order valence-electron chi connectivity index (χ3n) is 5.15. The average Bonchev–Trinajstić information content (AvgIpc) is 3.13. The Morgan fingerprint density at radius 1 is 1.25 bits per heavy atom. The SMILES string of the molecule is CCNC(=NCCCc1cn[nH]c1C)N1CCc2cc(OC)c(OC)cc2C1. The summed E-state index contributed by atoms with van der Waals surface area (Å²) in [6.07, 6.45) is 4.87. The second-order valence-corrected chi connectivity index (χ2v) is 7.01. The van der Waals surface area contributed by atoms with Crippen molar-refractivity contribution >= 4 is 5.96 Å². The van der Waals surface area contributed by atoms with E-state index in [9.17, 15) is 0 Å². The van der Waals surface area contributed by atoms with Gasteiger partial charge in [-0.05, 0) is 61.9 Å². The van der Waals surface area contributed by atoms with Gasteiger partial charge in [-0.2, -0.15) is 5.10 Å². The van der Waals surface area contributed by atoms with Crippen LogP contribution in [0.2, 0.25) is 0 Å². The minimum absolute atomic E-state index is 0.778. The van der Waals surface area contributed by atoms with Gasteiger partial charge >= 0.3 is 0 Å². The minimum atomic E-state index is 0.778. The van der Waals surface area contributed by atoms with Gasteiger partial charge in [0.1, 0.15) is 0 Å². The quantitative estimate of drug-likeness (QED) is 0.435. The van der Waals surface area contributed by atoms with E-state index >= 15 is 0 Å². The first kappa shape index (κ1) is 20.0. The molecule has 0 spiro atoms. The summed E-state index contributed by atoms with van der Waals surface area (Å²) in [4.78, 5) is 7.18. The number of methoxy groups -OCH3 is 2. The molecule has 28 heavy (non-hydrogen) atoms. The Morgan fingerprint density at radius 3 is 2.64 bits per heavy atom. The maximum absolute atomic E-state index is 5.47. The highest BCUT2D eigenvalue weighted by Crippen LogP contribution is 2.33. The van der Waals surface area contributed by atoms with E-state index < -0.39 is 0 Å². The van der Waals surface area contributed by atoms with Crippen molar-refractivity contribution in [3.8, 4) is 11.5 Å². The minimum Gasteiger partial charge on any atom is -0.493 e. The summed E-state index contributed by atoms with van der Waals surface area (Å²) in [7, 11) is 3.36. The highest BCUT2D eigenvalue weighted by molar-refractivity contribution is 5.80. The van der Waals surface area contributed by atoms with Crippen LogP contribution >= 0.6 is 0 Å². The van der Waals surface area contributed by atoms with Gasteiger partial charge in [-0.3, -0.25) is 10.1 Å². The number of nitrogens with one attached hydrogen (secondary N) is 2. The summed E-state index contributed by atoms with van der Waals surface area (Å²) >= 11 is 0. The molecule has 3 rings (SSSR count). The number of aryl methyl sites for hydroxylation is 2. The van der Waals surface area contributed by atoms with Gasteiger partial charge in [-0.1, -0.05) is 0 Å². The first-order valence-corrected chi connectivity index (χ1v) is 9.92. The first-order chi connectivity index (χ1) is 13.7. The number of rotatable bonds is 7. The van der Waals surface area contributed by atoms with Crippen molar-refractivity contribution in [3.05, 3.63) is 40.7 Å². The summed E-state index contributed by atoms with van der Waals surface area (Å²) in [5.41, 5.74) is 5.00. The van der Waals surface area contributed by atoms with E-state index in [1.165, 1.54) is 16.7 Å². The highest BCUT2D eigenvalue weighted by atomic mass is 16.5. The lowest BCUT2D eigenvalue weighted by Crippen LogP contribution is -2.44. The molecule has 7 heteroatoms. The number of H-pyrrole nitrogens is 1. The third-order valence-corrected chi connectivity index (χ3v) is 5.15. The molecule has 0 aliphatic carbocycles. The second kappa shape index (κ2) is 9.48. The van der Waals surface area contributed by atoms with Crippen LogP contribution in [-0.4, -0.2) is 54.9 Å². The Labute approximate surface area is 167 Å². The highest BCUT2D eigenvalue weighted by Gasteiger charge is 2.21. The molecule has 2 heterocycles. The Hall–Kier alpha value is -2.70. The number of benzene rings is 1. The molecule has 1 aromatic heterocycles. The van der Waals surface area contributed by atoms with Gasteiger partial charge < -0.3 is 19.7 Å². The van der Waals surface area contributed by atoms with Crippen LogP contribution in [0.1, 0.15) is 35.7 Å². The molecule has 2 aromatic rings. The zero-order chi connectivity index (χ0) is 19.9. The molecule has 0 atom stereocenters. The molecule has 1 aliphatic rings. The van der Waals surface area contributed by atoms with E-state index in [1.54, 1.807) is 14.2 Å². The van der Waals surface area contributed by atoms with E-state index in [0.29, 0.717) is 0 Å². The lowest BCUT2D eigenvalue weighted by atomic mass is 9.99. The monoisotopic (exact) mass is 385 g/mol. The van der Waals surface area contributed by atoms with Gasteiger partial charge in [0, 0.05) is 31.9 Å². The fourth-order valence-electron chi connectivity index (χ4n) is 3.57. The number of hydrogen-bond donors (Lipinski definition) is 2. The molecule has 0 saturated carbocycles. The zero-order valence-corrected chi connectivity index (χ0v) is 17.3. The molecule has 1 aromatic carbocycles. The Balaban J connectivity index is 1.66. The predicted octanol–water partition coefficient (Wildman–Crippen LogP) is 2.69. The van der Waals surface area contributed by atoms with Crippen LogP contribution in [-0.2, 0) is 19.4 Å². The summed E-state index contributed by atoms with van der Waals surface area (Å²) in [5, 5.41) is 10.5. The summed E-state index contributed by atoms with van der Waals surface area (Å²) in [6.45, 7) is 7.58. The van der Waals surface area contributed by atoms with Crippen molar-refractivity contribution in [1.29, 1.82) is 0 Å². The summed E-state index contributed by atoms with van der Waals surface area (Å²) in [5.74, 6) is 2.55. The number of nitrogens with zero attached hydrogens (tertiary/aromatic N) is 3. The number of ether oxygens (including phenoxy) is 2. The normalized spacial score (nSPS) is 14.0. The molecular formula is C21H31N5O2. The van der Waals surface area contributed by atoms with Gasteiger partial charge in [0.25, 0.3) is 0 Å². The van der Waals surface area contributed by atoms with E-state index in [1.807, 2.05) is 6.20 Å². The second-order valence-electron chi connectivity index (χ2n) is 7.01. The fourth-order valence-corrected chi connectivity index (χ4v) is 3.57. The molecule has 1 aliphatic heterocycles. The zero-order valence-electron chi connectivity index (χ0n) is 17.3. The lowest BCUT2D eigenvalue weighted by Gasteiger charge is -2.32. The van der Waals surface area contributed by atoms with Gasteiger partial charge in [-0.25, -0.2) is 0 Å². The Kier molecular flexibility index (Phi) is 6.79. The first-order valence-electron chi connectivity index (χ1n) is 9.92. The lowest BCUT2D eigenvalue weighted by molar-refractivity contribution is 0.346. The molecule has 0 bridgehead atoms. The number of fused-ring (bicyclic) bond motifs is 1. The average molecular weight is 386 g/mol. The van der Waals surface area contributed by atoms with Crippen LogP contribution in [0.25, 0.3) is 0 Å².